The van der Waals surface area contributed by atoms with E-state index in [4.69, 9.17) is 5.11 Å². The molecule has 4 heteroatoms. The van der Waals surface area contributed by atoms with Gasteiger partial charge in [-0.1, -0.05) is 18.2 Å². The van der Waals surface area contributed by atoms with Gasteiger partial charge in [0, 0.05) is 28.1 Å². The molecule has 0 bridgehead atoms. The summed E-state index contributed by atoms with van der Waals surface area (Å²) in [5.74, 6) is 0.0593. The summed E-state index contributed by atoms with van der Waals surface area (Å²) in [7, 11) is 0. The van der Waals surface area contributed by atoms with E-state index in [1.54, 1.807) is 11.3 Å². The quantitative estimate of drug-likeness (QED) is 0.918. The Kier molecular flexibility index (Phi) is 3.06. The van der Waals surface area contributed by atoms with Crippen molar-refractivity contribution in [2.45, 2.75) is 18.9 Å². The van der Waals surface area contributed by atoms with Crippen LogP contribution in [-0.4, -0.2) is 35.1 Å². The van der Waals surface area contributed by atoms with Crippen LogP contribution in [0.2, 0.25) is 0 Å². The standard InChI is InChI=1S/C14H15NO2S/c16-8-7-15(10-5-6-10)14(17)12-9-18-13-4-2-1-3-11(12)13/h1-4,9-10,16H,5-8H2. The van der Waals surface area contributed by atoms with Gasteiger partial charge in [0.2, 0.25) is 0 Å². The van der Waals surface area contributed by atoms with E-state index in [2.05, 4.69) is 0 Å². The average Bonchev–Trinajstić information content (AvgIpc) is 3.14. The number of hydrogen-bond donors (Lipinski definition) is 1. The molecule has 18 heavy (non-hydrogen) atoms. The first-order valence-electron chi connectivity index (χ1n) is 6.19. The zero-order chi connectivity index (χ0) is 12.5. The highest BCUT2D eigenvalue weighted by Crippen LogP contribution is 2.31. The molecule has 0 aliphatic heterocycles. The van der Waals surface area contributed by atoms with Crippen LogP contribution in [0.1, 0.15) is 23.2 Å². The van der Waals surface area contributed by atoms with Crippen molar-refractivity contribution in [3.8, 4) is 0 Å². The Bertz CT molecular complexity index is 574. The van der Waals surface area contributed by atoms with Crippen LogP contribution >= 0.6 is 11.3 Å². The summed E-state index contributed by atoms with van der Waals surface area (Å²) in [4.78, 5) is 14.3. The lowest BCUT2D eigenvalue weighted by atomic mass is 10.1. The first-order chi connectivity index (χ1) is 8.81. The van der Waals surface area contributed by atoms with E-state index in [0.717, 1.165) is 28.5 Å². The average molecular weight is 261 g/mol. The second-order valence-corrected chi connectivity index (χ2v) is 5.51. The maximum Gasteiger partial charge on any atom is 0.255 e. The summed E-state index contributed by atoms with van der Waals surface area (Å²) in [6.07, 6.45) is 2.13. The molecule has 1 amide bonds. The largest absolute Gasteiger partial charge is 0.395 e. The molecule has 1 fully saturated rings. The Morgan fingerprint density at radius 1 is 1.39 bits per heavy atom. The summed E-state index contributed by atoms with van der Waals surface area (Å²) in [5, 5.41) is 12.0. The van der Waals surface area contributed by atoms with Gasteiger partial charge in [-0.15, -0.1) is 11.3 Å². The zero-order valence-corrected chi connectivity index (χ0v) is 10.8. The Labute approximate surface area is 110 Å². The van der Waals surface area contributed by atoms with Crippen LogP contribution in [0.5, 0.6) is 0 Å². The molecule has 0 atom stereocenters. The van der Waals surface area contributed by atoms with Gasteiger partial charge in [0.15, 0.2) is 0 Å². The fourth-order valence-electron chi connectivity index (χ4n) is 2.24. The monoisotopic (exact) mass is 261 g/mol. The molecule has 1 N–H and O–H groups in total. The summed E-state index contributed by atoms with van der Waals surface area (Å²) in [6.45, 7) is 0.470. The molecular formula is C14H15NO2S. The van der Waals surface area contributed by atoms with Gasteiger partial charge in [-0.3, -0.25) is 4.79 Å². The number of nitrogens with zero attached hydrogens (tertiary/aromatic N) is 1. The van der Waals surface area contributed by atoms with Gasteiger partial charge in [0.05, 0.1) is 12.2 Å². The van der Waals surface area contributed by atoms with Gasteiger partial charge in [0.1, 0.15) is 0 Å². The van der Waals surface area contributed by atoms with Crippen LogP contribution in [0.15, 0.2) is 29.6 Å². The smallest absolute Gasteiger partial charge is 0.255 e. The molecule has 0 unspecified atom stereocenters. The molecular weight excluding hydrogens is 246 g/mol. The van der Waals surface area contributed by atoms with E-state index in [0.29, 0.717) is 12.6 Å². The van der Waals surface area contributed by atoms with Gasteiger partial charge >= 0.3 is 0 Å². The lowest BCUT2D eigenvalue weighted by molar-refractivity contribution is 0.0710. The van der Waals surface area contributed by atoms with E-state index in [1.807, 2.05) is 34.5 Å². The van der Waals surface area contributed by atoms with Crippen LogP contribution in [0.4, 0.5) is 0 Å². The van der Waals surface area contributed by atoms with Crippen molar-refractivity contribution in [2.24, 2.45) is 0 Å². The topological polar surface area (TPSA) is 40.5 Å². The third kappa shape index (κ3) is 2.02. The SMILES string of the molecule is O=C(c1csc2ccccc12)N(CCO)C1CC1. The lowest BCUT2D eigenvalue weighted by Gasteiger charge is -2.20. The molecule has 3 nitrogen and oxygen atoms in total. The minimum absolute atomic E-state index is 0.0321. The third-order valence-electron chi connectivity index (χ3n) is 3.30. The molecule has 3 rings (SSSR count). The van der Waals surface area contributed by atoms with Crippen molar-refractivity contribution >= 4 is 27.3 Å². The fraction of sp³-hybridized carbons (Fsp3) is 0.357. The highest BCUT2D eigenvalue weighted by Gasteiger charge is 2.33. The van der Waals surface area contributed by atoms with Crippen LogP contribution in [0.3, 0.4) is 0 Å². The maximum absolute atomic E-state index is 12.5. The molecule has 94 valence electrons. The molecule has 1 aliphatic rings. The van der Waals surface area contributed by atoms with Crippen molar-refractivity contribution < 1.29 is 9.90 Å². The van der Waals surface area contributed by atoms with Crippen molar-refractivity contribution in [1.82, 2.24) is 4.90 Å². The van der Waals surface area contributed by atoms with Crippen molar-refractivity contribution in [1.29, 1.82) is 0 Å². The second-order valence-electron chi connectivity index (χ2n) is 4.60. The molecule has 1 heterocycles. The second kappa shape index (κ2) is 4.71. The number of amides is 1. The zero-order valence-electron chi connectivity index (χ0n) is 10.0. The van der Waals surface area contributed by atoms with Crippen LogP contribution in [0, 0.1) is 0 Å². The minimum atomic E-state index is 0.0321. The number of fused-ring (bicyclic) bond motifs is 1. The minimum Gasteiger partial charge on any atom is -0.395 e. The van der Waals surface area contributed by atoms with Crippen molar-refractivity contribution in [3.05, 3.63) is 35.2 Å². The van der Waals surface area contributed by atoms with Crippen LogP contribution < -0.4 is 0 Å². The van der Waals surface area contributed by atoms with Gasteiger partial charge < -0.3 is 10.0 Å². The lowest BCUT2D eigenvalue weighted by Crippen LogP contribution is -2.35. The normalized spacial score (nSPS) is 14.9. The van der Waals surface area contributed by atoms with E-state index < -0.39 is 0 Å². The number of hydrogen-bond acceptors (Lipinski definition) is 3. The Hall–Kier alpha value is -1.39. The number of carbonyl (C=O) groups excluding carboxylic acids is 1. The highest BCUT2D eigenvalue weighted by atomic mass is 32.1. The van der Waals surface area contributed by atoms with Gasteiger partial charge in [0.25, 0.3) is 5.91 Å². The fourth-order valence-corrected chi connectivity index (χ4v) is 3.18. The Balaban J connectivity index is 1.95. The number of benzene rings is 1. The van der Waals surface area contributed by atoms with E-state index in [1.165, 1.54) is 0 Å². The predicted octanol–water partition coefficient (Wildman–Crippen LogP) is 2.50. The third-order valence-corrected chi connectivity index (χ3v) is 4.26. The summed E-state index contributed by atoms with van der Waals surface area (Å²) >= 11 is 1.60. The molecule has 0 radical (unpaired) electrons. The summed E-state index contributed by atoms with van der Waals surface area (Å²) in [6, 6.07) is 8.30. The van der Waals surface area contributed by atoms with E-state index >= 15 is 0 Å². The van der Waals surface area contributed by atoms with Gasteiger partial charge in [-0.05, 0) is 18.9 Å². The first kappa shape index (κ1) is 11.7. The summed E-state index contributed by atoms with van der Waals surface area (Å²) in [5.41, 5.74) is 0.774. The molecule has 2 aromatic rings. The van der Waals surface area contributed by atoms with Gasteiger partial charge in [-0.25, -0.2) is 0 Å². The molecule has 1 aliphatic carbocycles. The maximum atomic E-state index is 12.5. The molecule has 1 aromatic carbocycles. The molecule has 0 spiro atoms. The predicted molar refractivity (Wildman–Crippen MR) is 73.0 cm³/mol. The highest BCUT2D eigenvalue weighted by molar-refractivity contribution is 7.17. The summed E-state index contributed by atoms with van der Waals surface area (Å²) < 4.78 is 1.14. The van der Waals surface area contributed by atoms with Crippen LogP contribution in [0.25, 0.3) is 10.1 Å². The van der Waals surface area contributed by atoms with Crippen molar-refractivity contribution in [3.63, 3.8) is 0 Å². The van der Waals surface area contributed by atoms with E-state index in [9.17, 15) is 4.79 Å². The number of rotatable bonds is 4. The number of aliphatic hydroxyl groups excluding tert-OH is 1. The molecule has 0 saturated heterocycles. The number of carbonyl (C=O) groups is 1. The first-order valence-corrected chi connectivity index (χ1v) is 7.07. The Morgan fingerprint density at radius 3 is 2.89 bits per heavy atom. The molecule has 1 saturated carbocycles. The number of thiophene rings is 1. The number of aliphatic hydroxyl groups is 1. The molecule has 1 aromatic heterocycles. The van der Waals surface area contributed by atoms with E-state index in [-0.39, 0.29) is 12.5 Å². The van der Waals surface area contributed by atoms with Gasteiger partial charge in [-0.2, -0.15) is 0 Å². The van der Waals surface area contributed by atoms with Crippen LogP contribution in [-0.2, 0) is 0 Å². The van der Waals surface area contributed by atoms with Crippen molar-refractivity contribution in [2.75, 3.05) is 13.2 Å². The Morgan fingerprint density at radius 2 is 2.17 bits per heavy atom.